The van der Waals surface area contributed by atoms with Crippen LogP contribution in [0.4, 0.5) is 0 Å². The van der Waals surface area contributed by atoms with E-state index >= 15 is 0 Å². The molecule has 1 unspecified atom stereocenters. The zero-order chi connectivity index (χ0) is 15.9. The number of fused-ring (bicyclic) bond motifs is 1. The number of phenolic OH excluding ortho intramolecular Hbond substituents is 1. The highest BCUT2D eigenvalue weighted by Crippen LogP contribution is 2.17. The second-order valence-corrected chi connectivity index (χ2v) is 5.12. The van der Waals surface area contributed by atoms with Crippen LogP contribution in [0.25, 0.3) is 6.08 Å². The van der Waals surface area contributed by atoms with Gasteiger partial charge in [-0.05, 0) is 41.7 Å². The van der Waals surface area contributed by atoms with E-state index in [-0.39, 0.29) is 12.2 Å². The van der Waals surface area contributed by atoms with Gasteiger partial charge in [-0.1, -0.05) is 48.6 Å². The van der Waals surface area contributed by atoms with Gasteiger partial charge in [0, 0.05) is 0 Å². The van der Waals surface area contributed by atoms with Crippen molar-refractivity contribution in [3.63, 3.8) is 0 Å². The van der Waals surface area contributed by atoms with Gasteiger partial charge in [0.05, 0.1) is 0 Å². The number of phenols is 1. The number of aromatic hydroxyl groups is 1. The third-order valence-corrected chi connectivity index (χ3v) is 3.40. The summed E-state index contributed by atoms with van der Waals surface area (Å²) in [5, 5.41) is 17.5. The molecule has 0 radical (unpaired) electrons. The van der Waals surface area contributed by atoms with Gasteiger partial charge in [0.2, 0.25) is 0 Å². The molecule has 4 N–H and O–H groups in total. The van der Waals surface area contributed by atoms with Crippen molar-refractivity contribution in [2.45, 2.75) is 18.9 Å². The standard InChI is InChI=1S/C9H11NO3.C9H8/c10-8(9(12)13)5-6-1-3-7(11)4-2-6;1-2-5-9-7-3-6-8(9)4-1/h1-4,8,11H,5,10H2,(H,12,13);1-6H,7H2. The highest BCUT2D eigenvalue weighted by molar-refractivity contribution is 5.73. The van der Waals surface area contributed by atoms with E-state index in [1.54, 1.807) is 12.1 Å². The molecule has 114 valence electrons. The molecular formula is C18H19NO3. The monoisotopic (exact) mass is 297 g/mol. The second kappa shape index (κ2) is 7.43. The van der Waals surface area contributed by atoms with E-state index in [4.69, 9.17) is 15.9 Å². The molecule has 0 saturated carbocycles. The quantitative estimate of drug-likeness (QED) is 0.813. The van der Waals surface area contributed by atoms with E-state index in [0.29, 0.717) is 0 Å². The first-order valence-electron chi connectivity index (χ1n) is 7.07. The molecule has 2 aromatic carbocycles. The van der Waals surface area contributed by atoms with E-state index < -0.39 is 12.0 Å². The number of aliphatic carboxylic acids is 1. The molecule has 1 aliphatic carbocycles. The number of rotatable bonds is 3. The van der Waals surface area contributed by atoms with Gasteiger partial charge in [0.15, 0.2) is 0 Å². The summed E-state index contributed by atoms with van der Waals surface area (Å²) >= 11 is 0. The molecule has 0 spiro atoms. The van der Waals surface area contributed by atoms with E-state index in [0.717, 1.165) is 12.0 Å². The van der Waals surface area contributed by atoms with Crippen LogP contribution in [0.1, 0.15) is 16.7 Å². The first-order chi connectivity index (χ1) is 10.6. The first kappa shape index (κ1) is 15.8. The second-order valence-electron chi connectivity index (χ2n) is 5.12. The number of benzene rings is 2. The Morgan fingerprint density at radius 3 is 2.45 bits per heavy atom. The van der Waals surface area contributed by atoms with Gasteiger partial charge in [-0.2, -0.15) is 0 Å². The number of hydrogen-bond acceptors (Lipinski definition) is 3. The van der Waals surface area contributed by atoms with Crippen LogP contribution in [0.3, 0.4) is 0 Å². The number of carboxylic acid groups (broad SMARTS) is 1. The fraction of sp³-hybridized carbons (Fsp3) is 0.167. The zero-order valence-electron chi connectivity index (χ0n) is 12.1. The van der Waals surface area contributed by atoms with Gasteiger partial charge in [0.25, 0.3) is 0 Å². The maximum Gasteiger partial charge on any atom is 0.320 e. The Bertz CT molecular complexity index is 662. The Balaban J connectivity index is 0.000000170. The van der Waals surface area contributed by atoms with Crippen molar-refractivity contribution in [3.05, 3.63) is 71.3 Å². The van der Waals surface area contributed by atoms with Crippen molar-refractivity contribution in [2.75, 3.05) is 0 Å². The van der Waals surface area contributed by atoms with Crippen molar-refractivity contribution in [1.29, 1.82) is 0 Å². The molecular weight excluding hydrogens is 278 g/mol. The van der Waals surface area contributed by atoms with Gasteiger partial charge in [-0.3, -0.25) is 4.79 Å². The van der Waals surface area contributed by atoms with E-state index in [1.807, 2.05) is 0 Å². The van der Waals surface area contributed by atoms with Gasteiger partial charge in [-0.15, -0.1) is 0 Å². The van der Waals surface area contributed by atoms with Gasteiger partial charge in [-0.25, -0.2) is 0 Å². The number of nitrogens with two attached hydrogens (primary N) is 1. The minimum Gasteiger partial charge on any atom is -0.508 e. The van der Waals surface area contributed by atoms with Gasteiger partial charge < -0.3 is 15.9 Å². The largest absolute Gasteiger partial charge is 0.508 e. The molecule has 2 aromatic rings. The van der Waals surface area contributed by atoms with Crippen LogP contribution in [-0.2, 0) is 17.6 Å². The molecule has 0 amide bonds. The van der Waals surface area contributed by atoms with Crippen LogP contribution in [0.15, 0.2) is 54.6 Å². The predicted octanol–water partition coefficient (Wildman–Crippen LogP) is 2.60. The zero-order valence-corrected chi connectivity index (χ0v) is 12.1. The van der Waals surface area contributed by atoms with Gasteiger partial charge >= 0.3 is 5.97 Å². The summed E-state index contributed by atoms with van der Waals surface area (Å²) in [6, 6.07) is 13.9. The van der Waals surface area contributed by atoms with Crippen molar-refractivity contribution >= 4 is 12.0 Å². The van der Waals surface area contributed by atoms with Crippen LogP contribution >= 0.6 is 0 Å². The maximum absolute atomic E-state index is 10.4. The molecule has 0 saturated heterocycles. The van der Waals surface area contributed by atoms with Crippen LogP contribution in [0.5, 0.6) is 5.75 Å². The van der Waals surface area contributed by atoms with Crippen molar-refractivity contribution in [3.8, 4) is 5.75 Å². The van der Waals surface area contributed by atoms with Crippen LogP contribution in [0.2, 0.25) is 0 Å². The molecule has 3 rings (SSSR count). The maximum atomic E-state index is 10.4. The average Bonchev–Trinajstić information content (AvgIpc) is 2.98. The molecule has 4 heteroatoms. The van der Waals surface area contributed by atoms with Gasteiger partial charge in [0.1, 0.15) is 11.8 Å². The molecule has 4 nitrogen and oxygen atoms in total. The molecule has 0 bridgehead atoms. The van der Waals surface area contributed by atoms with E-state index in [9.17, 15) is 4.79 Å². The van der Waals surface area contributed by atoms with Crippen molar-refractivity contribution in [1.82, 2.24) is 0 Å². The third kappa shape index (κ3) is 4.46. The number of allylic oxidation sites excluding steroid dienone is 1. The van der Waals surface area contributed by atoms with Crippen LogP contribution in [-0.4, -0.2) is 22.2 Å². The Kier molecular flexibility index (Phi) is 5.33. The van der Waals surface area contributed by atoms with E-state index in [2.05, 4.69) is 36.4 Å². The Morgan fingerprint density at radius 1 is 1.14 bits per heavy atom. The highest BCUT2D eigenvalue weighted by atomic mass is 16.4. The van der Waals surface area contributed by atoms with Crippen LogP contribution in [0, 0.1) is 0 Å². The molecule has 1 aliphatic rings. The molecule has 1 atom stereocenters. The summed E-state index contributed by atoms with van der Waals surface area (Å²) in [5.74, 6) is -0.860. The number of hydrogen-bond donors (Lipinski definition) is 3. The van der Waals surface area contributed by atoms with E-state index in [1.165, 1.54) is 23.3 Å². The normalized spacial score (nSPS) is 13.0. The summed E-state index contributed by atoms with van der Waals surface area (Å²) in [4.78, 5) is 10.4. The van der Waals surface area contributed by atoms with Crippen molar-refractivity contribution < 1.29 is 15.0 Å². The molecule has 0 heterocycles. The molecule has 22 heavy (non-hydrogen) atoms. The van der Waals surface area contributed by atoms with Crippen molar-refractivity contribution in [2.24, 2.45) is 5.73 Å². The lowest BCUT2D eigenvalue weighted by molar-refractivity contribution is -0.138. The summed E-state index contributed by atoms with van der Waals surface area (Å²) in [5.41, 5.74) is 8.97. The molecule has 0 fully saturated rings. The average molecular weight is 297 g/mol. The minimum atomic E-state index is -1.02. The summed E-state index contributed by atoms with van der Waals surface area (Å²) in [7, 11) is 0. The Labute approximate surface area is 129 Å². The fourth-order valence-electron chi connectivity index (χ4n) is 2.17. The molecule has 0 aromatic heterocycles. The lowest BCUT2D eigenvalue weighted by atomic mass is 10.1. The lowest BCUT2D eigenvalue weighted by Gasteiger charge is -2.05. The summed E-state index contributed by atoms with van der Waals surface area (Å²) in [6.07, 6.45) is 5.77. The first-order valence-corrected chi connectivity index (χ1v) is 7.07. The SMILES string of the molecule is C1=Cc2ccccc2C1.NC(Cc1ccc(O)cc1)C(=O)O. The lowest BCUT2D eigenvalue weighted by Crippen LogP contribution is -2.32. The minimum absolute atomic E-state index is 0.160. The highest BCUT2D eigenvalue weighted by Gasteiger charge is 2.11. The smallest absolute Gasteiger partial charge is 0.320 e. The Morgan fingerprint density at radius 2 is 1.82 bits per heavy atom. The predicted molar refractivity (Wildman–Crippen MR) is 86.6 cm³/mol. The van der Waals surface area contributed by atoms with Crippen LogP contribution < -0.4 is 5.73 Å². The molecule has 0 aliphatic heterocycles. The fourth-order valence-corrected chi connectivity index (χ4v) is 2.17. The number of carbonyl (C=O) groups is 1. The topological polar surface area (TPSA) is 83.5 Å². The number of carboxylic acids is 1. The summed E-state index contributed by atoms with van der Waals surface area (Å²) < 4.78 is 0. The third-order valence-electron chi connectivity index (χ3n) is 3.40. The Hall–Kier alpha value is -2.59. The summed E-state index contributed by atoms with van der Waals surface area (Å²) in [6.45, 7) is 0.